The van der Waals surface area contributed by atoms with Crippen molar-refractivity contribution in [2.45, 2.75) is 13.8 Å². The predicted octanol–water partition coefficient (Wildman–Crippen LogP) is 2.10. The Kier molecular flexibility index (Phi) is 4.36. The molecule has 0 fully saturated rings. The molecule has 0 radical (unpaired) electrons. The van der Waals surface area contributed by atoms with Crippen LogP contribution in [0, 0.1) is 0 Å². The Labute approximate surface area is 102 Å². The van der Waals surface area contributed by atoms with Crippen molar-refractivity contribution < 1.29 is 24.2 Å². The molecule has 0 spiro atoms. The number of aromatic nitrogens is 2. The number of hydrogen-bond acceptors (Lipinski definition) is 4. The SMILES string of the molecule is CC.O=C(O)c1cccn2c(C(=O)OF)cnc12. The van der Waals surface area contributed by atoms with Crippen LogP contribution in [0.2, 0.25) is 0 Å². The molecular weight excluding hydrogens is 243 g/mol. The first-order chi connectivity index (χ1) is 8.65. The van der Waals surface area contributed by atoms with Crippen LogP contribution in [0.3, 0.4) is 0 Å². The number of carboxylic acid groups (broad SMARTS) is 1. The Bertz CT molecular complexity index is 579. The standard InChI is InChI=1S/C9H5FN2O4.C2H6/c10-16-9(15)6-4-11-7-5(8(13)14)2-1-3-12(6)7;1-2/h1-4H,(H,13,14);1-2H3. The maximum atomic E-state index is 11.7. The summed E-state index contributed by atoms with van der Waals surface area (Å²) < 4.78 is 12.9. The third kappa shape index (κ3) is 2.29. The van der Waals surface area contributed by atoms with E-state index in [0.717, 1.165) is 10.6 Å². The fraction of sp³-hybridized carbons (Fsp3) is 0.182. The zero-order valence-corrected chi connectivity index (χ0v) is 9.75. The topological polar surface area (TPSA) is 80.9 Å². The van der Waals surface area contributed by atoms with E-state index in [1.807, 2.05) is 13.8 Å². The van der Waals surface area contributed by atoms with Crippen molar-refractivity contribution in [2.75, 3.05) is 0 Å². The molecule has 2 aromatic rings. The molecule has 7 heteroatoms. The van der Waals surface area contributed by atoms with Crippen LogP contribution in [-0.2, 0) is 4.94 Å². The maximum Gasteiger partial charge on any atom is 0.397 e. The molecule has 0 amide bonds. The van der Waals surface area contributed by atoms with Crippen LogP contribution in [0.4, 0.5) is 4.53 Å². The Morgan fingerprint density at radius 3 is 2.67 bits per heavy atom. The average molecular weight is 254 g/mol. The lowest BCUT2D eigenvalue weighted by atomic mass is 10.3. The molecule has 0 saturated heterocycles. The fourth-order valence-corrected chi connectivity index (χ4v) is 1.37. The molecule has 0 aliphatic carbocycles. The largest absolute Gasteiger partial charge is 0.478 e. The summed E-state index contributed by atoms with van der Waals surface area (Å²) >= 11 is 0. The summed E-state index contributed by atoms with van der Waals surface area (Å²) in [6, 6.07) is 2.74. The fourth-order valence-electron chi connectivity index (χ4n) is 1.37. The minimum absolute atomic E-state index is 0.0513. The van der Waals surface area contributed by atoms with Gasteiger partial charge in [0.15, 0.2) is 11.3 Å². The van der Waals surface area contributed by atoms with Crippen molar-refractivity contribution in [1.29, 1.82) is 0 Å². The van der Waals surface area contributed by atoms with Crippen LogP contribution < -0.4 is 0 Å². The van der Waals surface area contributed by atoms with Gasteiger partial charge in [0.2, 0.25) is 0 Å². The normalized spacial score (nSPS) is 9.50. The number of carbonyl (C=O) groups is 2. The van der Waals surface area contributed by atoms with Crippen LogP contribution in [0.5, 0.6) is 0 Å². The van der Waals surface area contributed by atoms with E-state index in [4.69, 9.17) is 5.11 Å². The van der Waals surface area contributed by atoms with Gasteiger partial charge in [0.25, 0.3) is 0 Å². The summed E-state index contributed by atoms with van der Waals surface area (Å²) in [4.78, 5) is 28.6. The molecule has 0 aromatic carbocycles. The zero-order valence-electron chi connectivity index (χ0n) is 9.75. The number of aromatic carboxylic acids is 1. The molecule has 0 aliphatic rings. The lowest BCUT2D eigenvalue weighted by Gasteiger charge is -1.99. The minimum atomic E-state index is -1.23. The predicted molar refractivity (Wildman–Crippen MR) is 60.0 cm³/mol. The molecule has 0 saturated carbocycles. The van der Waals surface area contributed by atoms with Crippen LogP contribution in [0.1, 0.15) is 34.7 Å². The van der Waals surface area contributed by atoms with Gasteiger partial charge in [0, 0.05) is 10.7 Å². The molecular formula is C11H11FN2O4. The molecule has 0 aliphatic heterocycles. The van der Waals surface area contributed by atoms with Crippen molar-refractivity contribution in [3.05, 3.63) is 35.8 Å². The first-order valence-corrected chi connectivity index (χ1v) is 5.17. The maximum absolute atomic E-state index is 11.7. The van der Waals surface area contributed by atoms with Crippen molar-refractivity contribution in [3.63, 3.8) is 0 Å². The van der Waals surface area contributed by atoms with Crippen LogP contribution >= 0.6 is 0 Å². The highest BCUT2D eigenvalue weighted by molar-refractivity contribution is 5.96. The summed E-state index contributed by atoms with van der Waals surface area (Å²) in [5.74, 6) is -2.41. The number of rotatable bonds is 2. The van der Waals surface area contributed by atoms with E-state index in [1.165, 1.54) is 18.3 Å². The van der Waals surface area contributed by atoms with Gasteiger partial charge in [-0.2, -0.15) is 0 Å². The highest BCUT2D eigenvalue weighted by Crippen LogP contribution is 2.13. The average Bonchev–Trinajstić information content (AvgIpc) is 2.83. The highest BCUT2D eigenvalue weighted by atomic mass is 19.3. The number of hydrogen-bond donors (Lipinski definition) is 1. The second kappa shape index (κ2) is 5.76. The highest BCUT2D eigenvalue weighted by Gasteiger charge is 2.17. The van der Waals surface area contributed by atoms with Gasteiger partial charge in [-0.05, 0) is 12.1 Å². The lowest BCUT2D eigenvalue weighted by Crippen LogP contribution is -2.05. The number of halogens is 1. The van der Waals surface area contributed by atoms with Gasteiger partial charge < -0.3 is 5.11 Å². The summed E-state index contributed by atoms with van der Waals surface area (Å²) in [5.41, 5.74) is -0.212. The number of carbonyl (C=O) groups excluding carboxylic acids is 1. The first kappa shape index (κ1) is 13.6. The summed E-state index contributed by atoms with van der Waals surface area (Å²) in [7, 11) is 0. The lowest BCUT2D eigenvalue weighted by molar-refractivity contribution is -0.0794. The van der Waals surface area contributed by atoms with Gasteiger partial charge in [-0.3, -0.25) is 4.40 Å². The second-order valence-electron chi connectivity index (χ2n) is 2.93. The van der Waals surface area contributed by atoms with Gasteiger partial charge in [-0.25, -0.2) is 19.5 Å². The Morgan fingerprint density at radius 1 is 1.44 bits per heavy atom. The molecule has 18 heavy (non-hydrogen) atoms. The monoisotopic (exact) mass is 254 g/mol. The summed E-state index contributed by atoms with van der Waals surface area (Å²) in [6.45, 7) is 4.00. The van der Waals surface area contributed by atoms with Crippen molar-refractivity contribution in [3.8, 4) is 0 Å². The Morgan fingerprint density at radius 2 is 2.11 bits per heavy atom. The van der Waals surface area contributed by atoms with Gasteiger partial charge in [0.1, 0.15) is 5.56 Å². The van der Waals surface area contributed by atoms with Crippen LogP contribution in [0.15, 0.2) is 24.5 Å². The molecule has 6 nitrogen and oxygen atoms in total. The Balaban J connectivity index is 0.000000771. The number of carboxylic acids is 1. The van der Waals surface area contributed by atoms with Crippen molar-refractivity contribution in [2.24, 2.45) is 0 Å². The number of fused-ring (bicyclic) bond motifs is 1. The quantitative estimate of drug-likeness (QED) is 0.887. The Hall–Kier alpha value is -2.44. The third-order valence-electron chi connectivity index (χ3n) is 2.05. The molecule has 0 bridgehead atoms. The minimum Gasteiger partial charge on any atom is -0.478 e. The summed E-state index contributed by atoms with van der Waals surface area (Å²) in [5, 5.41) is 8.84. The van der Waals surface area contributed by atoms with E-state index >= 15 is 0 Å². The van der Waals surface area contributed by atoms with Gasteiger partial charge in [-0.1, -0.05) is 13.8 Å². The second-order valence-corrected chi connectivity index (χ2v) is 2.93. The van der Waals surface area contributed by atoms with Crippen molar-refractivity contribution >= 4 is 17.6 Å². The summed E-state index contributed by atoms with van der Waals surface area (Å²) in [6.07, 6.45) is 2.44. The smallest absolute Gasteiger partial charge is 0.397 e. The number of imidazole rings is 1. The zero-order chi connectivity index (χ0) is 13.7. The number of nitrogens with zero attached hydrogens (tertiary/aromatic N) is 2. The van der Waals surface area contributed by atoms with Gasteiger partial charge in [0.05, 0.1) is 6.20 Å². The van der Waals surface area contributed by atoms with Crippen LogP contribution in [-0.4, -0.2) is 26.4 Å². The van der Waals surface area contributed by atoms with E-state index in [1.54, 1.807) is 0 Å². The molecule has 2 rings (SSSR count). The first-order valence-electron chi connectivity index (χ1n) is 5.17. The van der Waals surface area contributed by atoms with Crippen LogP contribution in [0.25, 0.3) is 5.65 Å². The molecule has 2 aromatic heterocycles. The van der Waals surface area contributed by atoms with E-state index in [9.17, 15) is 14.1 Å². The molecule has 2 heterocycles. The van der Waals surface area contributed by atoms with E-state index in [2.05, 4.69) is 9.93 Å². The van der Waals surface area contributed by atoms with Gasteiger partial charge in [-0.15, -0.1) is 0 Å². The van der Waals surface area contributed by atoms with E-state index < -0.39 is 11.9 Å². The molecule has 96 valence electrons. The van der Waals surface area contributed by atoms with Crippen molar-refractivity contribution in [1.82, 2.24) is 9.38 Å². The van der Waals surface area contributed by atoms with Gasteiger partial charge >= 0.3 is 11.9 Å². The molecule has 0 atom stereocenters. The van der Waals surface area contributed by atoms with E-state index in [0.29, 0.717) is 0 Å². The van der Waals surface area contributed by atoms with E-state index in [-0.39, 0.29) is 16.9 Å². The molecule has 1 N–H and O–H groups in total. The third-order valence-corrected chi connectivity index (χ3v) is 2.05. The molecule has 0 unspecified atom stereocenters. The number of pyridine rings is 1.